The van der Waals surface area contributed by atoms with Gasteiger partial charge in [0.15, 0.2) is 0 Å². The Labute approximate surface area is 94.8 Å². The predicted molar refractivity (Wildman–Crippen MR) is 63.3 cm³/mol. The number of hydrogen-bond acceptors (Lipinski definition) is 2. The van der Waals surface area contributed by atoms with Crippen molar-refractivity contribution in [1.82, 2.24) is 0 Å². The highest BCUT2D eigenvalue weighted by Gasteiger charge is 2.02. The Kier molecular flexibility index (Phi) is 5.20. The van der Waals surface area contributed by atoms with Crippen molar-refractivity contribution in [2.24, 2.45) is 0 Å². The summed E-state index contributed by atoms with van der Waals surface area (Å²) in [5.41, 5.74) is 0. The van der Waals surface area contributed by atoms with Gasteiger partial charge in [0.25, 0.3) is 0 Å². The van der Waals surface area contributed by atoms with E-state index in [9.17, 15) is 0 Å². The van der Waals surface area contributed by atoms with Crippen molar-refractivity contribution in [1.29, 1.82) is 0 Å². The van der Waals surface area contributed by atoms with E-state index in [-0.39, 0.29) is 0 Å². The van der Waals surface area contributed by atoms with Crippen molar-refractivity contribution in [2.45, 2.75) is 18.2 Å². The zero-order chi connectivity index (χ0) is 10.4. The number of thioether (sulfide) groups is 1. The number of hydrogen-bond donors (Lipinski definition) is 0. The summed E-state index contributed by atoms with van der Waals surface area (Å²) in [6, 6.07) is 5.86. The molecular formula is C11H14ClOS. The fraction of sp³-hybridized carbons (Fsp3) is 0.364. The Morgan fingerprint density at radius 3 is 2.93 bits per heavy atom. The first-order valence-corrected chi connectivity index (χ1v) is 5.98. The van der Waals surface area contributed by atoms with Crippen LogP contribution in [-0.2, 0) is 0 Å². The topological polar surface area (TPSA) is 9.23 Å². The number of benzene rings is 1. The van der Waals surface area contributed by atoms with E-state index in [1.807, 2.05) is 25.1 Å². The van der Waals surface area contributed by atoms with Crippen LogP contribution in [0.4, 0.5) is 0 Å². The molecule has 14 heavy (non-hydrogen) atoms. The van der Waals surface area contributed by atoms with Crippen LogP contribution in [0.25, 0.3) is 0 Å². The van der Waals surface area contributed by atoms with E-state index in [0.717, 1.165) is 17.9 Å². The molecule has 0 fully saturated rings. The van der Waals surface area contributed by atoms with E-state index in [4.69, 9.17) is 16.3 Å². The van der Waals surface area contributed by atoms with Crippen LogP contribution in [0.2, 0.25) is 5.02 Å². The first-order chi connectivity index (χ1) is 6.77. The molecule has 0 N–H and O–H groups in total. The lowest BCUT2D eigenvalue weighted by Gasteiger charge is -2.07. The van der Waals surface area contributed by atoms with Crippen LogP contribution in [0.15, 0.2) is 23.1 Å². The maximum Gasteiger partial charge on any atom is 0.138 e. The Hall–Kier alpha value is -0.340. The zero-order valence-electron chi connectivity index (χ0n) is 8.25. The van der Waals surface area contributed by atoms with Crippen LogP contribution >= 0.6 is 23.4 Å². The van der Waals surface area contributed by atoms with Crippen LogP contribution < -0.4 is 4.74 Å². The zero-order valence-corrected chi connectivity index (χ0v) is 9.83. The SMILES string of the molecule is [CH2]CCSc1ccc(Cl)c(OCC)c1. The van der Waals surface area contributed by atoms with Gasteiger partial charge < -0.3 is 4.74 Å². The standard InChI is InChI=1S/C11H14ClOS/c1-3-7-14-9-5-6-10(12)11(8-9)13-4-2/h5-6,8H,1,3-4,7H2,2H3. The van der Waals surface area contributed by atoms with E-state index < -0.39 is 0 Å². The summed E-state index contributed by atoms with van der Waals surface area (Å²) in [4.78, 5) is 1.18. The Bertz CT molecular complexity index is 289. The van der Waals surface area contributed by atoms with Crippen LogP contribution in [-0.4, -0.2) is 12.4 Å². The average molecular weight is 230 g/mol. The quantitative estimate of drug-likeness (QED) is 0.705. The highest BCUT2D eigenvalue weighted by Crippen LogP contribution is 2.30. The third-order valence-electron chi connectivity index (χ3n) is 1.62. The van der Waals surface area contributed by atoms with E-state index in [0.29, 0.717) is 11.6 Å². The molecule has 77 valence electrons. The average Bonchev–Trinajstić information content (AvgIpc) is 2.19. The Morgan fingerprint density at radius 1 is 1.50 bits per heavy atom. The Balaban J connectivity index is 2.72. The van der Waals surface area contributed by atoms with Gasteiger partial charge in [-0.2, -0.15) is 0 Å². The molecule has 0 atom stereocenters. The molecule has 0 aliphatic heterocycles. The number of rotatable bonds is 5. The van der Waals surface area contributed by atoms with Gasteiger partial charge in [-0.15, -0.1) is 11.8 Å². The molecule has 0 saturated carbocycles. The maximum absolute atomic E-state index is 5.96. The number of halogens is 1. The largest absolute Gasteiger partial charge is 0.492 e. The lowest BCUT2D eigenvalue weighted by atomic mass is 10.3. The van der Waals surface area contributed by atoms with Crippen molar-refractivity contribution in [3.8, 4) is 5.75 Å². The summed E-state index contributed by atoms with van der Waals surface area (Å²) in [5, 5.41) is 0.672. The van der Waals surface area contributed by atoms with E-state index in [2.05, 4.69) is 6.92 Å². The highest BCUT2D eigenvalue weighted by molar-refractivity contribution is 7.99. The summed E-state index contributed by atoms with van der Waals surface area (Å²) < 4.78 is 5.40. The second-order valence-electron chi connectivity index (χ2n) is 2.73. The predicted octanol–water partition coefficient (Wildman–Crippen LogP) is 4.05. The lowest BCUT2D eigenvalue weighted by Crippen LogP contribution is -1.92. The van der Waals surface area contributed by atoms with Gasteiger partial charge in [-0.05, 0) is 37.3 Å². The minimum atomic E-state index is 0.642. The number of ether oxygens (including phenoxy) is 1. The van der Waals surface area contributed by atoms with Gasteiger partial charge in [0, 0.05) is 4.90 Å². The monoisotopic (exact) mass is 229 g/mol. The molecular weight excluding hydrogens is 216 g/mol. The molecule has 0 bridgehead atoms. The van der Waals surface area contributed by atoms with Gasteiger partial charge in [0.1, 0.15) is 5.75 Å². The normalized spacial score (nSPS) is 10.2. The van der Waals surface area contributed by atoms with Gasteiger partial charge in [-0.25, -0.2) is 0 Å². The summed E-state index contributed by atoms with van der Waals surface area (Å²) in [7, 11) is 0. The van der Waals surface area contributed by atoms with Crippen molar-refractivity contribution >= 4 is 23.4 Å². The second-order valence-corrected chi connectivity index (χ2v) is 4.30. The molecule has 0 spiro atoms. The molecule has 1 aromatic rings. The second kappa shape index (κ2) is 6.20. The van der Waals surface area contributed by atoms with Crippen LogP contribution in [0, 0.1) is 6.92 Å². The molecule has 1 nitrogen and oxygen atoms in total. The van der Waals surface area contributed by atoms with Crippen molar-refractivity contribution in [3.63, 3.8) is 0 Å². The molecule has 0 aliphatic rings. The minimum Gasteiger partial charge on any atom is -0.492 e. The summed E-state index contributed by atoms with van der Waals surface area (Å²) in [6.07, 6.45) is 0.928. The molecule has 3 heteroatoms. The first kappa shape index (κ1) is 11.7. The van der Waals surface area contributed by atoms with Crippen molar-refractivity contribution < 1.29 is 4.74 Å². The summed E-state index contributed by atoms with van der Waals surface area (Å²) in [5.74, 6) is 1.79. The Morgan fingerprint density at radius 2 is 2.29 bits per heavy atom. The maximum atomic E-state index is 5.96. The van der Waals surface area contributed by atoms with Gasteiger partial charge in [-0.3, -0.25) is 0 Å². The molecule has 0 amide bonds. The highest BCUT2D eigenvalue weighted by atomic mass is 35.5. The minimum absolute atomic E-state index is 0.642. The van der Waals surface area contributed by atoms with Crippen molar-refractivity contribution in [3.05, 3.63) is 30.1 Å². The fourth-order valence-corrected chi connectivity index (χ4v) is 1.94. The van der Waals surface area contributed by atoms with Crippen LogP contribution in [0.5, 0.6) is 5.75 Å². The molecule has 0 unspecified atom stereocenters. The summed E-state index contributed by atoms with van der Waals surface area (Å²) in [6.45, 7) is 6.39. The van der Waals surface area contributed by atoms with Crippen molar-refractivity contribution in [2.75, 3.05) is 12.4 Å². The molecule has 0 saturated heterocycles. The van der Waals surface area contributed by atoms with E-state index in [1.54, 1.807) is 11.8 Å². The van der Waals surface area contributed by atoms with Gasteiger partial charge in [0.2, 0.25) is 0 Å². The molecule has 1 rings (SSSR count). The molecule has 0 heterocycles. The third-order valence-corrected chi connectivity index (χ3v) is 3.01. The molecule has 1 radical (unpaired) electrons. The van der Waals surface area contributed by atoms with Crippen LogP contribution in [0.1, 0.15) is 13.3 Å². The third kappa shape index (κ3) is 3.43. The van der Waals surface area contributed by atoms with Gasteiger partial charge in [0.05, 0.1) is 11.6 Å². The first-order valence-electron chi connectivity index (χ1n) is 4.62. The molecule has 1 aromatic carbocycles. The summed E-state index contributed by atoms with van der Waals surface area (Å²) >= 11 is 7.73. The van der Waals surface area contributed by atoms with E-state index in [1.165, 1.54) is 4.90 Å². The molecule has 0 aliphatic carbocycles. The van der Waals surface area contributed by atoms with Crippen LogP contribution in [0.3, 0.4) is 0 Å². The fourth-order valence-electron chi connectivity index (χ4n) is 1.03. The van der Waals surface area contributed by atoms with Gasteiger partial charge in [-0.1, -0.05) is 18.5 Å². The smallest absolute Gasteiger partial charge is 0.138 e. The van der Waals surface area contributed by atoms with Gasteiger partial charge >= 0.3 is 0 Å². The van der Waals surface area contributed by atoms with E-state index >= 15 is 0 Å². The molecule has 0 aromatic heterocycles. The lowest BCUT2D eigenvalue weighted by molar-refractivity contribution is 0.339.